The van der Waals surface area contributed by atoms with E-state index in [1.54, 1.807) is 0 Å². The third-order valence-electron chi connectivity index (χ3n) is 5.15. The monoisotopic (exact) mass is 360 g/mol. The Labute approximate surface area is 159 Å². The molecule has 1 aliphatic heterocycles. The van der Waals surface area contributed by atoms with E-state index >= 15 is 0 Å². The lowest BCUT2D eigenvalue weighted by Crippen LogP contribution is -2.53. The highest BCUT2D eigenvalue weighted by Gasteiger charge is 2.34. The number of nitrogens with zero attached hydrogens (tertiary/aromatic N) is 1. The molecule has 0 bridgehead atoms. The number of ether oxygens (including phenoxy) is 1. The number of rotatable bonds is 8. The Morgan fingerprint density at radius 3 is 2.46 bits per heavy atom. The topological polar surface area (TPSA) is 57.7 Å². The van der Waals surface area contributed by atoms with E-state index in [4.69, 9.17) is 9.73 Å². The molecule has 0 radical (unpaired) electrons. The van der Waals surface area contributed by atoms with Crippen molar-refractivity contribution < 1.29 is 4.74 Å². The average Bonchev–Trinajstić information content (AvgIpc) is 2.67. The molecule has 5 nitrogen and oxygen atoms in total. The van der Waals surface area contributed by atoms with Gasteiger partial charge in [-0.05, 0) is 45.6 Å². The van der Waals surface area contributed by atoms with Crippen LogP contribution in [0.15, 0.2) is 35.3 Å². The molecule has 2 atom stereocenters. The second-order valence-electron chi connectivity index (χ2n) is 7.32. The van der Waals surface area contributed by atoms with E-state index in [0.29, 0.717) is 6.04 Å². The quantitative estimate of drug-likeness (QED) is 0.492. The van der Waals surface area contributed by atoms with Gasteiger partial charge in [0.15, 0.2) is 5.96 Å². The molecule has 0 saturated carbocycles. The molecule has 3 N–H and O–H groups in total. The van der Waals surface area contributed by atoms with Gasteiger partial charge >= 0.3 is 0 Å². The van der Waals surface area contributed by atoms with Gasteiger partial charge in [-0.3, -0.25) is 4.99 Å². The molecule has 1 aromatic rings. The van der Waals surface area contributed by atoms with Crippen molar-refractivity contribution in [2.45, 2.75) is 64.6 Å². The Hall–Kier alpha value is -1.59. The summed E-state index contributed by atoms with van der Waals surface area (Å²) in [7, 11) is 0. The van der Waals surface area contributed by atoms with Gasteiger partial charge in [-0.15, -0.1) is 0 Å². The van der Waals surface area contributed by atoms with Crippen LogP contribution in [-0.2, 0) is 4.74 Å². The van der Waals surface area contributed by atoms with Crippen LogP contribution in [-0.4, -0.2) is 43.8 Å². The number of hydrogen-bond acceptors (Lipinski definition) is 3. The van der Waals surface area contributed by atoms with Crippen molar-refractivity contribution in [2.75, 3.05) is 26.3 Å². The smallest absolute Gasteiger partial charge is 0.191 e. The van der Waals surface area contributed by atoms with Gasteiger partial charge in [-0.2, -0.15) is 0 Å². The summed E-state index contributed by atoms with van der Waals surface area (Å²) in [6, 6.07) is 11.3. The molecule has 2 rings (SSSR count). The van der Waals surface area contributed by atoms with E-state index in [9.17, 15) is 0 Å². The van der Waals surface area contributed by atoms with Crippen LogP contribution in [0, 0.1) is 0 Å². The molecule has 0 spiro atoms. The fourth-order valence-electron chi connectivity index (χ4n) is 3.28. The summed E-state index contributed by atoms with van der Waals surface area (Å²) in [5, 5.41) is 10.7. The second kappa shape index (κ2) is 10.5. The first kappa shape index (κ1) is 20.7. The van der Waals surface area contributed by atoms with Crippen molar-refractivity contribution in [1.82, 2.24) is 16.0 Å². The zero-order valence-corrected chi connectivity index (χ0v) is 16.8. The first-order valence-electron chi connectivity index (χ1n) is 10.0. The normalized spacial score (nSPS) is 19.6. The lowest BCUT2D eigenvalue weighted by Gasteiger charge is -2.39. The first-order valence-corrected chi connectivity index (χ1v) is 10.0. The number of aliphatic imine (C=N–C) groups is 1. The van der Waals surface area contributed by atoms with Crippen LogP contribution in [0.3, 0.4) is 0 Å². The zero-order valence-electron chi connectivity index (χ0n) is 16.8. The van der Waals surface area contributed by atoms with Crippen molar-refractivity contribution in [3.05, 3.63) is 35.9 Å². The summed E-state index contributed by atoms with van der Waals surface area (Å²) >= 11 is 0. The van der Waals surface area contributed by atoms with Gasteiger partial charge in [0.25, 0.3) is 0 Å². The minimum absolute atomic E-state index is 0.0225. The lowest BCUT2D eigenvalue weighted by atomic mass is 9.88. The summed E-state index contributed by atoms with van der Waals surface area (Å²) < 4.78 is 5.63. The van der Waals surface area contributed by atoms with Gasteiger partial charge in [0.1, 0.15) is 0 Å². The summed E-state index contributed by atoms with van der Waals surface area (Å²) in [6.45, 7) is 11.9. The Balaban J connectivity index is 2.10. The number of benzene rings is 1. The summed E-state index contributed by atoms with van der Waals surface area (Å²) in [5.74, 6) is 0.905. The van der Waals surface area contributed by atoms with Crippen LogP contribution in [0.5, 0.6) is 0 Å². The minimum Gasteiger partial charge on any atom is -0.381 e. The Kier molecular flexibility index (Phi) is 8.39. The summed E-state index contributed by atoms with van der Waals surface area (Å²) in [5.41, 5.74) is 1.29. The second-order valence-corrected chi connectivity index (χ2v) is 7.32. The van der Waals surface area contributed by atoms with E-state index < -0.39 is 0 Å². The lowest BCUT2D eigenvalue weighted by molar-refractivity contribution is 0.0374. The van der Waals surface area contributed by atoms with Crippen LogP contribution >= 0.6 is 0 Å². The number of guanidine groups is 1. The first-order chi connectivity index (χ1) is 12.6. The third-order valence-corrected chi connectivity index (χ3v) is 5.15. The Morgan fingerprint density at radius 1 is 1.15 bits per heavy atom. The molecular formula is C21H36N4O. The molecule has 146 valence electrons. The van der Waals surface area contributed by atoms with Crippen molar-refractivity contribution in [2.24, 2.45) is 4.99 Å². The van der Waals surface area contributed by atoms with Gasteiger partial charge in [-0.25, -0.2) is 0 Å². The predicted molar refractivity (Wildman–Crippen MR) is 110 cm³/mol. The van der Waals surface area contributed by atoms with Gasteiger partial charge in [0, 0.05) is 37.4 Å². The van der Waals surface area contributed by atoms with E-state index in [-0.39, 0.29) is 11.6 Å². The molecule has 0 amide bonds. The predicted octanol–water partition coefficient (Wildman–Crippen LogP) is 3.24. The van der Waals surface area contributed by atoms with E-state index in [2.05, 4.69) is 74.0 Å². The van der Waals surface area contributed by atoms with Crippen LogP contribution in [0.4, 0.5) is 0 Å². The molecule has 0 aromatic heterocycles. The average molecular weight is 361 g/mol. The fraction of sp³-hybridized carbons (Fsp3) is 0.667. The van der Waals surface area contributed by atoms with E-state index in [1.165, 1.54) is 5.56 Å². The van der Waals surface area contributed by atoms with Gasteiger partial charge in [0.05, 0.1) is 6.54 Å². The maximum absolute atomic E-state index is 5.63. The van der Waals surface area contributed by atoms with Crippen LogP contribution in [0.2, 0.25) is 0 Å². The van der Waals surface area contributed by atoms with Crippen LogP contribution in [0.25, 0.3) is 0 Å². The molecule has 1 saturated heterocycles. The zero-order chi connectivity index (χ0) is 18.8. The molecule has 1 fully saturated rings. The van der Waals surface area contributed by atoms with Crippen molar-refractivity contribution >= 4 is 5.96 Å². The van der Waals surface area contributed by atoms with Crippen LogP contribution < -0.4 is 16.0 Å². The molecular weight excluding hydrogens is 324 g/mol. The minimum atomic E-state index is -0.0225. The highest BCUT2D eigenvalue weighted by atomic mass is 16.5. The molecule has 1 aliphatic rings. The third kappa shape index (κ3) is 6.29. The highest BCUT2D eigenvalue weighted by Crippen LogP contribution is 2.26. The SMILES string of the molecule is CCNC(=NCC1(NC(C)c2ccccc2)CCOCC1)NC(C)CC. The van der Waals surface area contributed by atoms with Crippen LogP contribution in [0.1, 0.15) is 58.6 Å². The Morgan fingerprint density at radius 2 is 1.85 bits per heavy atom. The molecule has 1 heterocycles. The van der Waals surface area contributed by atoms with E-state index in [1.807, 2.05) is 0 Å². The number of hydrogen-bond donors (Lipinski definition) is 3. The maximum atomic E-state index is 5.63. The summed E-state index contributed by atoms with van der Waals surface area (Å²) in [4.78, 5) is 4.92. The van der Waals surface area contributed by atoms with E-state index in [0.717, 1.165) is 51.5 Å². The fourth-order valence-corrected chi connectivity index (χ4v) is 3.28. The van der Waals surface area contributed by atoms with Crippen molar-refractivity contribution in [3.8, 4) is 0 Å². The van der Waals surface area contributed by atoms with Gasteiger partial charge in [-0.1, -0.05) is 37.3 Å². The molecule has 5 heteroatoms. The molecule has 2 unspecified atom stereocenters. The summed E-state index contributed by atoms with van der Waals surface area (Å²) in [6.07, 6.45) is 3.04. The highest BCUT2D eigenvalue weighted by molar-refractivity contribution is 5.80. The van der Waals surface area contributed by atoms with Gasteiger partial charge in [0.2, 0.25) is 0 Å². The van der Waals surface area contributed by atoms with Crippen molar-refractivity contribution in [3.63, 3.8) is 0 Å². The number of nitrogens with one attached hydrogen (secondary N) is 3. The largest absolute Gasteiger partial charge is 0.381 e. The maximum Gasteiger partial charge on any atom is 0.191 e. The van der Waals surface area contributed by atoms with Crippen molar-refractivity contribution in [1.29, 1.82) is 0 Å². The molecule has 26 heavy (non-hydrogen) atoms. The molecule has 1 aromatic carbocycles. The Bertz CT molecular complexity index is 540. The molecule has 0 aliphatic carbocycles. The standard InChI is InChI=1S/C21H36N4O/c1-5-17(3)24-20(22-6-2)23-16-21(12-14-26-15-13-21)25-18(4)19-10-8-7-9-11-19/h7-11,17-18,25H,5-6,12-16H2,1-4H3,(H2,22,23,24). The van der Waals surface area contributed by atoms with Gasteiger partial charge < -0.3 is 20.7 Å².